The van der Waals surface area contributed by atoms with Gasteiger partial charge in [-0.2, -0.15) is 0 Å². The zero-order valence-corrected chi connectivity index (χ0v) is 13.8. The first-order chi connectivity index (χ1) is 10.2. The van der Waals surface area contributed by atoms with Crippen molar-refractivity contribution in [3.63, 3.8) is 0 Å². The number of likely N-dealkylation sites (N-methyl/N-ethyl adjacent to an activating group) is 1. The Bertz CT molecular complexity index is 406. The van der Waals surface area contributed by atoms with Crippen molar-refractivity contribution >= 4 is 0 Å². The summed E-state index contributed by atoms with van der Waals surface area (Å²) in [6.45, 7) is 8.10. The van der Waals surface area contributed by atoms with E-state index in [1.165, 1.54) is 31.5 Å². The highest BCUT2D eigenvalue weighted by molar-refractivity contribution is 5.20. The summed E-state index contributed by atoms with van der Waals surface area (Å²) >= 11 is 0. The second kappa shape index (κ2) is 7.92. The van der Waals surface area contributed by atoms with Gasteiger partial charge in [0.15, 0.2) is 0 Å². The van der Waals surface area contributed by atoms with Gasteiger partial charge in [0.05, 0.1) is 0 Å². The van der Waals surface area contributed by atoms with Crippen LogP contribution in [0.4, 0.5) is 0 Å². The Balaban J connectivity index is 2.18. The summed E-state index contributed by atoms with van der Waals surface area (Å²) < 4.78 is 0. The van der Waals surface area contributed by atoms with Crippen LogP contribution in [-0.2, 0) is 0 Å². The molecule has 1 heterocycles. The molecule has 1 aliphatic rings. The maximum atomic E-state index is 6.63. The van der Waals surface area contributed by atoms with Crippen LogP contribution in [-0.4, -0.2) is 48.6 Å². The number of nitrogens with two attached hydrogens (primary N) is 1. The Morgan fingerprint density at radius 2 is 1.90 bits per heavy atom. The molecule has 21 heavy (non-hydrogen) atoms. The quantitative estimate of drug-likeness (QED) is 0.904. The maximum Gasteiger partial charge on any atom is 0.0453 e. The molecule has 1 saturated heterocycles. The number of benzene rings is 1. The molecule has 0 amide bonds. The Labute approximate surface area is 130 Å². The molecule has 1 fully saturated rings. The van der Waals surface area contributed by atoms with Crippen LogP contribution in [0, 0.1) is 0 Å². The van der Waals surface area contributed by atoms with Crippen LogP contribution in [0.15, 0.2) is 30.3 Å². The third kappa shape index (κ3) is 4.06. The average Bonchev–Trinajstić information content (AvgIpc) is 2.70. The average molecular weight is 289 g/mol. The molecule has 3 atom stereocenters. The first kappa shape index (κ1) is 16.5. The van der Waals surface area contributed by atoms with Gasteiger partial charge in [0.1, 0.15) is 0 Å². The highest BCUT2D eigenvalue weighted by Gasteiger charge is 2.31. The van der Waals surface area contributed by atoms with Gasteiger partial charge >= 0.3 is 0 Å². The summed E-state index contributed by atoms with van der Waals surface area (Å²) in [5.41, 5.74) is 7.89. The molecule has 2 rings (SSSR count). The van der Waals surface area contributed by atoms with Crippen molar-refractivity contribution in [3.8, 4) is 0 Å². The van der Waals surface area contributed by atoms with Gasteiger partial charge < -0.3 is 10.6 Å². The summed E-state index contributed by atoms with van der Waals surface area (Å²) in [6, 6.07) is 11.7. The van der Waals surface area contributed by atoms with Crippen LogP contribution < -0.4 is 5.73 Å². The fourth-order valence-corrected chi connectivity index (χ4v) is 3.65. The van der Waals surface area contributed by atoms with Crippen LogP contribution >= 0.6 is 0 Å². The van der Waals surface area contributed by atoms with Crippen molar-refractivity contribution in [2.45, 2.75) is 51.2 Å². The van der Waals surface area contributed by atoms with Gasteiger partial charge in [-0.3, -0.25) is 4.90 Å². The number of hydrogen-bond acceptors (Lipinski definition) is 3. The molecular weight excluding hydrogens is 258 g/mol. The first-order valence-corrected chi connectivity index (χ1v) is 8.42. The molecule has 0 radical (unpaired) electrons. The topological polar surface area (TPSA) is 32.5 Å². The highest BCUT2D eigenvalue weighted by atomic mass is 15.3. The lowest BCUT2D eigenvalue weighted by Gasteiger charge is -2.39. The van der Waals surface area contributed by atoms with Gasteiger partial charge in [0.25, 0.3) is 0 Å². The lowest BCUT2D eigenvalue weighted by molar-refractivity contribution is 0.107. The molecule has 0 aliphatic carbocycles. The number of rotatable bonds is 5. The molecule has 0 saturated carbocycles. The molecule has 0 spiro atoms. The lowest BCUT2D eigenvalue weighted by Crippen LogP contribution is -2.49. The highest BCUT2D eigenvalue weighted by Crippen LogP contribution is 2.25. The van der Waals surface area contributed by atoms with E-state index < -0.39 is 0 Å². The second-order valence-electron chi connectivity index (χ2n) is 6.33. The van der Waals surface area contributed by atoms with E-state index in [2.05, 4.69) is 61.0 Å². The zero-order valence-electron chi connectivity index (χ0n) is 13.8. The first-order valence-electron chi connectivity index (χ1n) is 8.42. The summed E-state index contributed by atoms with van der Waals surface area (Å²) in [6.07, 6.45) is 3.55. The van der Waals surface area contributed by atoms with E-state index in [1.54, 1.807) is 0 Å². The summed E-state index contributed by atoms with van der Waals surface area (Å²) in [4.78, 5) is 5.15. The molecule has 3 unspecified atom stereocenters. The van der Waals surface area contributed by atoms with Crippen molar-refractivity contribution < 1.29 is 0 Å². The standard InChI is InChI=1S/C18H31N3/c1-4-16-14-20(3)12-9-13-21(16)17(5-2)18(19)15-10-7-6-8-11-15/h6-8,10-11,16-18H,4-5,9,12-14,19H2,1-3H3. The molecule has 0 aromatic heterocycles. The molecule has 0 bridgehead atoms. The van der Waals surface area contributed by atoms with Crippen LogP contribution in [0.25, 0.3) is 0 Å². The van der Waals surface area contributed by atoms with Crippen molar-refractivity contribution in [2.75, 3.05) is 26.7 Å². The third-order valence-corrected chi connectivity index (χ3v) is 4.86. The SMILES string of the molecule is CCC1CN(C)CCCN1C(CC)C(N)c1ccccc1. The predicted octanol–water partition coefficient (Wildman–Crippen LogP) is 2.88. The van der Waals surface area contributed by atoms with Gasteiger partial charge in [0, 0.05) is 31.2 Å². The molecule has 3 nitrogen and oxygen atoms in total. The molecule has 118 valence electrons. The van der Waals surface area contributed by atoms with Gasteiger partial charge in [-0.05, 0) is 38.4 Å². The van der Waals surface area contributed by atoms with Crippen molar-refractivity contribution in [1.82, 2.24) is 9.80 Å². The largest absolute Gasteiger partial charge is 0.323 e. The van der Waals surface area contributed by atoms with E-state index in [9.17, 15) is 0 Å². The molecular formula is C18H31N3. The Morgan fingerprint density at radius 3 is 2.52 bits per heavy atom. The van der Waals surface area contributed by atoms with Crippen LogP contribution in [0.2, 0.25) is 0 Å². The van der Waals surface area contributed by atoms with E-state index in [4.69, 9.17) is 5.73 Å². The van der Waals surface area contributed by atoms with Crippen molar-refractivity contribution in [2.24, 2.45) is 5.73 Å². The fraction of sp³-hybridized carbons (Fsp3) is 0.667. The van der Waals surface area contributed by atoms with E-state index in [0.29, 0.717) is 12.1 Å². The molecule has 3 heteroatoms. The van der Waals surface area contributed by atoms with E-state index in [0.717, 1.165) is 13.0 Å². The Morgan fingerprint density at radius 1 is 1.19 bits per heavy atom. The van der Waals surface area contributed by atoms with Gasteiger partial charge in [-0.15, -0.1) is 0 Å². The van der Waals surface area contributed by atoms with Gasteiger partial charge in [0.2, 0.25) is 0 Å². The van der Waals surface area contributed by atoms with Gasteiger partial charge in [-0.25, -0.2) is 0 Å². The molecule has 1 aromatic carbocycles. The Hall–Kier alpha value is -0.900. The minimum Gasteiger partial charge on any atom is -0.323 e. The van der Waals surface area contributed by atoms with Crippen LogP contribution in [0.1, 0.15) is 44.7 Å². The molecule has 2 N–H and O–H groups in total. The maximum absolute atomic E-state index is 6.63. The molecule has 1 aromatic rings. The normalized spacial score (nSPS) is 24.5. The minimum atomic E-state index is 0.105. The van der Waals surface area contributed by atoms with E-state index >= 15 is 0 Å². The summed E-state index contributed by atoms with van der Waals surface area (Å²) in [7, 11) is 2.24. The fourth-order valence-electron chi connectivity index (χ4n) is 3.65. The predicted molar refractivity (Wildman–Crippen MR) is 90.3 cm³/mol. The van der Waals surface area contributed by atoms with Crippen LogP contribution in [0.5, 0.6) is 0 Å². The van der Waals surface area contributed by atoms with E-state index in [-0.39, 0.29) is 6.04 Å². The smallest absolute Gasteiger partial charge is 0.0453 e. The summed E-state index contributed by atoms with van der Waals surface area (Å²) in [5, 5.41) is 0. The number of nitrogens with zero attached hydrogens (tertiary/aromatic N) is 2. The van der Waals surface area contributed by atoms with Crippen molar-refractivity contribution in [3.05, 3.63) is 35.9 Å². The zero-order chi connectivity index (χ0) is 15.2. The minimum absolute atomic E-state index is 0.105. The second-order valence-corrected chi connectivity index (χ2v) is 6.33. The summed E-state index contributed by atoms with van der Waals surface area (Å²) in [5.74, 6) is 0. The third-order valence-electron chi connectivity index (χ3n) is 4.86. The van der Waals surface area contributed by atoms with Crippen molar-refractivity contribution in [1.29, 1.82) is 0 Å². The lowest BCUT2D eigenvalue weighted by atomic mass is 9.95. The Kier molecular flexibility index (Phi) is 6.22. The molecule has 1 aliphatic heterocycles. The van der Waals surface area contributed by atoms with E-state index in [1.807, 2.05) is 0 Å². The number of hydrogen-bond donors (Lipinski definition) is 1. The van der Waals surface area contributed by atoms with Gasteiger partial charge in [-0.1, -0.05) is 44.2 Å². The van der Waals surface area contributed by atoms with Crippen LogP contribution in [0.3, 0.4) is 0 Å². The monoisotopic (exact) mass is 289 g/mol.